The van der Waals surface area contributed by atoms with Gasteiger partial charge in [0.1, 0.15) is 11.5 Å². The third-order valence-corrected chi connectivity index (χ3v) is 7.22. The highest BCUT2D eigenvalue weighted by atomic mass is 32.1. The summed E-state index contributed by atoms with van der Waals surface area (Å²) in [6.07, 6.45) is 7.27. The first kappa shape index (κ1) is 27.5. The second kappa shape index (κ2) is 11.7. The van der Waals surface area contributed by atoms with Gasteiger partial charge in [0.2, 0.25) is 0 Å². The van der Waals surface area contributed by atoms with E-state index < -0.39 is 0 Å². The Morgan fingerprint density at radius 1 is 1.19 bits per heavy atom. The molecule has 2 unspecified atom stereocenters. The molecular weight excluding hydrogens is 473 g/mol. The van der Waals surface area contributed by atoms with Gasteiger partial charge < -0.3 is 10.6 Å². The topological polar surface area (TPSA) is 79.3 Å². The average Bonchev–Trinajstić information content (AvgIpc) is 3.29. The number of aliphatic imine (C=N–C) groups is 1. The van der Waals surface area contributed by atoms with Gasteiger partial charge in [0, 0.05) is 17.3 Å². The first-order chi connectivity index (χ1) is 17.0. The minimum Gasteiger partial charge on any atom is -0.343 e. The Hall–Kier alpha value is -3.13. The first-order valence-electron chi connectivity index (χ1n) is 12.3. The number of pyridine rings is 1. The Labute approximate surface area is 217 Å². The SMILES string of the molecule is CCC(C)CC=Nc1cnc(C(=O)NC(C)c2cnc(Nc3cc(C(C)(C)C)ccc3F)s2)cc1C. The van der Waals surface area contributed by atoms with E-state index in [1.807, 2.05) is 26.1 Å². The molecule has 1 aromatic carbocycles. The van der Waals surface area contributed by atoms with Gasteiger partial charge in [0.15, 0.2) is 5.13 Å². The van der Waals surface area contributed by atoms with E-state index in [9.17, 15) is 9.18 Å². The van der Waals surface area contributed by atoms with Gasteiger partial charge >= 0.3 is 0 Å². The maximum Gasteiger partial charge on any atom is 0.270 e. The molecule has 0 bridgehead atoms. The number of carbonyl (C=O) groups excluding carboxylic acids is 1. The summed E-state index contributed by atoms with van der Waals surface area (Å²) in [7, 11) is 0. The van der Waals surface area contributed by atoms with Gasteiger partial charge in [-0.2, -0.15) is 0 Å². The van der Waals surface area contributed by atoms with Crippen LogP contribution < -0.4 is 10.6 Å². The van der Waals surface area contributed by atoms with Crippen LogP contribution in [0, 0.1) is 18.7 Å². The number of halogens is 1. The quantitative estimate of drug-likeness (QED) is 0.290. The second-order valence-corrected chi connectivity index (χ2v) is 11.3. The number of nitrogens with one attached hydrogen (secondary N) is 2. The van der Waals surface area contributed by atoms with Crippen LogP contribution in [0.1, 0.15) is 86.9 Å². The van der Waals surface area contributed by atoms with E-state index in [-0.39, 0.29) is 23.2 Å². The number of thiazole rings is 1. The number of hydrogen-bond donors (Lipinski definition) is 2. The zero-order valence-corrected chi connectivity index (χ0v) is 23.0. The maximum absolute atomic E-state index is 14.4. The minimum atomic E-state index is -0.338. The van der Waals surface area contributed by atoms with Crippen LogP contribution in [0.5, 0.6) is 0 Å². The summed E-state index contributed by atoms with van der Waals surface area (Å²) >= 11 is 1.37. The molecule has 2 aromatic heterocycles. The molecule has 0 radical (unpaired) electrons. The number of aromatic nitrogens is 2. The average molecular weight is 510 g/mol. The number of hydrogen-bond acceptors (Lipinski definition) is 6. The molecule has 0 aliphatic heterocycles. The second-order valence-electron chi connectivity index (χ2n) is 10.2. The van der Waals surface area contributed by atoms with Crippen molar-refractivity contribution in [2.24, 2.45) is 10.9 Å². The van der Waals surface area contributed by atoms with Gasteiger partial charge in [0.25, 0.3) is 5.91 Å². The van der Waals surface area contributed by atoms with E-state index >= 15 is 0 Å². The lowest BCUT2D eigenvalue weighted by atomic mass is 9.87. The molecule has 2 heterocycles. The third kappa shape index (κ3) is 7.20. The Bertz CT molecular complexity index is 1230. The summed E-state index contributed by atoms with van der Waals surface area (Å²) in [5, 5.41) is 6.61. The highest BCUT2D eigenvalue weighted by molar-refractivity contribution is 7.15. The van der Waals surface area contributed by atoms with Crippen molar-refractivity contribution in [3.8, 4) is 0 Å². The van der Waals surface area contributed by atoms with Crippen molar-refractivity contribution in [2.45, 2.75) is 72.8 Å². The number of carbonyl (C=O) groups is 1. The molecular formula is C28H36FN5OS. The van der Waals surface area contributed by atoms with Crippen LogP contribution >= 0.6 is 11.3 Å². The molecule has 0 aliphatic carbocycles. The Morgan fingerprint density at radius 3 is 2.61 bits per heavy atom. The van der Waals surface area contributed by atoms with E-state index in [1.54, 1.807) is 24.5 Å². The smallest absolute Gasteiger partial charge is 0.270 e. The fourth-order valence-corrected chi connectivity index (χ4v) is 4.23. The molecule has 2 N–H and O–H groups in total. The zero-order chi connectivity index (χ0) is 26.5. The highest BCUT2D eigenvalue weighted by Crippen LogP contribution is 2.31. The summed E-state index contributed by atoms with van der Waals surface area (Å²) in [6.45, 7) is 14.4. The summed E-state index contributed by atoms with van der Waals surface area (Å²) < 4.78 is 14.4. The van der Waals surface area contributed by atoms with E-state index in [0.29, 0.717) is 22.4 Å². The Balaban J connectivity index is 1.65. The molecule has 8 heteroatoms. The van der Waals surface area contributed by atoms with Crippen molar-refractivity contribution in [3.05, 3.63) is 64.2 Å². The third-order valence-electron chi connectivity index (χ3n) is 6.12. The van der Waals surface area contributed by atoms with Crippen LogP contribution in [0.25, 0.3) is 0 Å². The molecule has 6 nitrogen and oxygen atoms in total. The van der Waals surface area contributed by atoms with Gasteiger partial charge in [-0.1, -0.05) is 58.4 Å². The normalized spacial score (nSPS) is 13.6. The van der Waals surface area contributed by atoms with Crippen molar-refractivity contribution < 1.29 is 9.18 Å². The van der Waals surface area contributed by atoms with E-state index in [2.05, 4.69) is 60.2 Å². The van der Waals surface area contributed by atoms with Crippen molar-refractivity contribution >= 4 is 40.0 Å². The lowest BCUT2D eigenvalue weighted by Crippen LogP contribution is -2.27. The predicted molar refractivity (Wildman–Crippen MR) is 148 cm³/mol. The van der Waals surface area contributed by atoms with Crippen LogP contribution in [-0.2, 0) is 5.41 Å². The highest BCUT2D eigenvalue weighted by Gasteiger charge is 2.18. The molecule has 1 amide bonds. The maximum atomic E-state index is 14.4. The fourth-order valence-electron chi connectivity index (χ4n) is 3.39. The summed E-state index contributed by atoms with van der Waals surface area (Å²) in [6, 6.07) is 6.55. The summed E-state index contributed by atoms with van der Waals surface area (Å²) in [5.74, 6) is -0.0218. The molecule has 36 heavy (non-hydrogen) atoms. The number of rotatable bonds is 9. The van der Waals surface area contributed by atoms with Crippen LogP contribution in [0.3, 0.4) is 0 Å². The number of anilines is 2. The Kier molecular flexibility index (Phi) is 8.95. The molecule has 0 fully saturated rings. The summed E-state index contributed by atoms with van der Waals surface area (Å²) in [4.78, 5) is 26.9. The van der Waals surface area contributed by atoms with E-state index in [4.69, 9.17) is 0 Å². The predicted octanol–water partition coefficient (Wildman–Crippen LogP) is 7.66. The van der Waals surface area contributed by atoms with E-state index in [0.717, 1.165) is 34.5 Å². The first-order valence-corrected chi connectivity index (χ1v) is 13.1. The number of aryl methyl sites for hydroxylation is 1. The van der Waals surface area contributed by atoms with E-state index in [1.165, 1.54) is 17.4 Å². The molecule has 2 atom stereocenters. The molecule has 0 spiro atoms. The molecule has 0 aliphatic rings. The zero-order valence-electron chi connectivity index (χ0n) is 22.1. The van der Waals surface area contributed by atoms with Gasteiger partial charge in [-0.15, -0.1) is 0 Å². The monoisotopic (exact) mass is 509 g/mol. The van der Waals surface area contributed by atoms with Gasteiger partial charge in [-0.3, -0.25) is 9.79 Å². The van der Waals surface area contributed by atoms with Gasteiger partial charge in [-0.25, -0.2) is 14.4 Å². The number of amides is 1. The largest absolute Gasteiger partial charge is 0.343 e. The minimum absolute atomic E-state index is 0.0957. The lowest BCUT2D eigenvalue weighted by molar-refractivity contribution is 0.0935. The van der Waals surface area contributed by atoms with Crippen LogP contribution in [0.2, 0.25) is 0 Å². The molecule has 192 valence electrons. The van der Waals surface area contributed by atoms with Crippen LogP contribution in [0.4, 0.5) is 20.9 Å². The van der Waals surface area contributed by atoms with Gasteiger partial charge in [0.05, 0.1) is 23.6 Å². The standard InChI is InChI=1S/C28H36FN5OS/c1-8-17(2)11-12-30-24-15-31-23(13-18(24)3)26(35)33-19(4)25-16-32-27(36-25)34-22-14-20(28(5,6)7)9-10-21(22)29/h9-10,12-17,19H,8,11H2,1-7H3,(H,32,34)(H,33,35). The number of benzene rings is 1. The molecule has 0 saturated carbocycles. The number of nitrogens with zero attached hydrogens (tertiary/aromatic N) is 3. The van der Waals surface area contributed by atoms with Crippen molar-refractivity contribution in [2.75, 3.05) is 5.32 Å². The fraction of sp³-hybridized carbons (Fsp3) is 0.429. The van der Waals surface area contributed by atoms with Gasteiger partial charge in [-0.05, 0) is 60.9 Å². The summed E-state index contributed by atoms with van der Waals surface area (Å²) in [5.41, 5.74) is 3.31. The van der Waals surface area contributed by atoms with Crippen molar-refractivity contribution in [1.29, 1.82) is 0 Å². The van der Waals surface area contributed by atoms with Crippen molar-refractivity contribution in [3.63, 3.8) is 0 Å². The Morgan fingerprint density at radius 2 is 1.94 bits per heavy atom. The molecule has 0 saturated heterocycles. The van der Waals surface area contributed by atoms with Crippen LogP contribution in [-0.4, -0.2) is 22.1 Å². The molecule has 3 rings (SSSR count). The molecule has 3 aromatic rings. The lowest BCUT2D eigenvalue weighted by Gasteiger charge is -2.20. The van der Waals surface area contributed by atoms with Crippen molar-refractivity contribution in [1.82, 2.24) is 15.3 Å². The van der Waals surface area contributed by atoms with Crippen LogP contribution in [0.15, 0.2) is 41.7 Å².